The highest BCUT2D eigenvalue weighted by Gasteiger charge is 2.18. The molecule has 0 bridgehead atoms. The molecule has 0 aromatic heterocycles. The molecule has 2 amide bonds. The van der Waals surface area contributed by atoms with Crippen molar-refractivity contribution in [3.63, 3.8) is 0 Å². The maximum atomic E-state index is 12.0. The molecule has 1 aromatic carbocycles. The first kappa shape index (κ1) is 16.1. The number of hydrogen-bond acceptors (Lipinski definition) is 4. The fourth-order valence-corrected chi connectivity index (χ4v) is 1.73. The first-order valence-electron chi connectivity index (χ1n) is 6.47. The lowest BCUT2D eigenvalue weighted by molar-refractivity contribution is -0.126. The summed E-state index contributed by atoms with van der Waals surface area (Å²) in [5.41, 5.74) is 6.47. The van der Waals surface area contributed by atoms with Gasteiger partial charge in [-0.3, -0.25) is 9.59 Å². The van der Waals surface area contributed by atoms with Crippen LogP contribution in [0.5, 0.6) is 0 Å². The van der Waals surface area contributed by atoms with Crippen molar-refractivity contribution >= 4 is 11.8 Å². The molecule has 0 aliphatic rings. The van der Waals surface area contributed by atoms with E-state index in [9.17, 15) is 9.59 Å². The standard InChI is InChI=1S/C14H21N3O3/c1-20-8-7-16-13(18)10-17-14(19)12(9-15)11-5-3-2-4-6-11/h2-6,12H,7-10,15H2,1H3,(H,16,18)(H,17,19). The van der Waals surface area contributed by atoms with Gasteiger partial charge in [-0.1, -0.05) is 30.3 Å². The number of nitrogens with two attached hydrogens (primary N) is 1. The molecule has 6 nitrogen and oxygen atoms in total. The average Bonchev–Trinajstić information content (AvgIpc) is 2.47. The zero-order valence-corrected chi connectivity index (χ0v) is 11.6. The number of rotatable bonds is 8. The molecule has 0 aliphatic heterocycles. The van der Waals surface area contributed by atoms with Crippen molar-refractivity contribution in [2.24, 2.45) is 5.73 Å². The number of ether oxygens (including phenoxy) is 1. The van der Waals surface area contributed by atoms with Crippen molar-refractivity contribution in [3.8, 4) is 0 Å². The third kappa shape index (κ3) is 5.38. The van der Waals surface area contributed by atoms with Gasteiger partial charge < -0.3 is 21.1 Å². The van der Waals surface area contributed by atoms with E-state index in [1.54, 1.807) is 7.11 Å². The Kier molecular flexibility index (Phi) is 7.31. The van der Waals surface area contributed by atoms with Crippen LogP contribution in [0.1, 0.15) is 11.5 Å². The van der Waals surface area contributed by atoms with Crippen molar-refractivity contribution in [1.82, 2.24) is 10.6 Å². The molecule has 0 saturated carbocycles. The highest BCUT2D eigenvalue weighted by molar-refractivity contribution is 5.88. The second-order valence-corrected chi connectivity index (χ2v) is 4.26. The van der Waals surface area contributed by atoms with Gasteiger partial charge in [-0.05, 0) is 5.56 Å². The summed E-state index contributed by atoms with van der Waals surface area (Å²) in [7, 11) is 1.56. The Morgan fingerprint density at radius 1 is 1.25 bits per heavy atom. The predicted octanol–water partition coefficient (Wildman–Crippen LogP) is -0.392. The summed E-state index contributed by atoms with van der Waals surface area (Å²) < 4.78 is 4.81. The number of carbonyl (C=O) groups is 2. The van der Waals surface area contributed by atoms with Crippen LogP contribution in [0, 0.1) is 0 Å². The van der Waals surface area contributed by atoms with Gasteiger partial charge in [0.05, 0.1) is 19.1 Å². The van der Waals surface area contributed by atoms with Crippen LogP contribution in [0.4, 0.5) is 0 Å². The monoisotopic (exact) mass is 279 g/mol. The number of carbonyl (C=O) groups excluding carboxylic acids is 2. The highest BCUT2D eigenvalue weighted by Crippen LogP contribution is 2.13. The maximum Gasteiger partial charge on any atom is 0.239 e. The van der Waals surface area contributed by atoms with Crippen LogP contribution in [-0.2, 0) is 14.3 Å². The largest absolute Gasteiger partial charge is 0.383 e. The molecule has 0 aliphatic carbocycles. The summed E-state index contributed by atoms with van der Waals surface area (Å²) in [6, 6.07) is 9.26. The zero-order valence-electron chi connectivity index (χ0n) is 11.6. The minimum atomic E-state index is -0.442. The minimum Gasteiger partial charge on any atom is -0.383 e. The minimum absolute atomic E-state index is 0.0636. The van der Waals surface area contributed by atoms with Crippen molar-refractivity contribution < 1.29 is 14.3 Å². The molecular weight excluding hydrogens is 258 g/mol. The van der Waals surface area contributed by atoms with Gasteiger partial charge in [0.25, 0.3) is 0 Å². The van der Waals surface area contributed by atoms with E-state index in [1.807, 2.05) is 30.3 Å². The van der Waals surface area contributed by atoms with E-state index >= 15 is 0 Å². The topological polar surface area (TPSA) is 93.5 Å². The number of hydrogen-bond donors (Lipinski definition) is 3. The van der Waals surface area contributed by atoms with Crippen molar-refractivity contribution in [3.05, 3.63) is 35.9 Å². The van der Waals surface area contributed by atoms with E-state index in [0.29, 0.717) is 13.2 Å². The Hall–Kier alpha value is -1.92. The molecular formula is C14H21N3O3. The summed E-state index contributed by atoms with van der Waals surface area (Å²) in [4.78, 5) is 23.5. The van der Waals surface area contributed by atoms with Crippen LogP contribution in [0.25, 0.3) is 0 Å². The predicted molar refractivity (Wildman–Crippen MR) is 76.1 cm³/mol. The van der Waals surface area contributed by atoms with Gasteiger partial charge in [-0.25, -0.2) is 0 Å². The van der Waals surface area contributed by atoms with Crippen LogP contribution in [0.3, 0.4) is 0 Å². The number of benzene rings is 1. The number of nitrogens with one attached hydrogen (secondary N) is 2. The SMILES string of the molecule is COCCNC(=O)CNC(=O)C(CN)c1ccccc1. The maximum absolute atomic E-state index is 12.0. The third-order valence-corrected chi connectivity index (χ3v) is 2.81. The highest BCUT2D eigenvalue weighted by atomic mass is 16.5. The van der Waals surface area contributed by atoms with Crippen LogP contribution in [-0.4, -0.2) is 45.2 Å². The molecule has 4 N–H and O–H groups in total. The first-order valence-corrected chi connectivity index (χ1v) is 6.47. The summed E-state index contributed by atoms with van der Waals surface area (Å²) in [6.45, 7) is 0.992. The molecule has 1 unspecified atom stereocenters. The van der Waals surface area contributed by atoms with Gasteiger partial charge in [0.1, 0.15) is 0 Å². The molecule has 0 saturated heterocycles. The van der Waals surface area contributed by atoms with E-state index < -0.39 is 5.92 Å². The van der Waals surface area contributed by atoms with E-state index in [4.69, 9.17) is 10.5 Å². The Balaban J connectivity index is 2.42. The number of methoxy groups -OCH3 is 1. The lowest BCUT2D eigenvalue weighted by Gasteiger charge is -2.15. The Morgan fingerprint density at radius 2 is 1.95 bits per heavy atom. The second-order valence-electron chi connectivity index (χ2n) is 4.26. The summed E-state index contributed by atoms with van der Waals surface area (Å²) in [6.07, 6.45) is 0. The van der Waals surface area contributed by atoms with Gasteiger partial charge in [0, 0.05) is 20.2 Å². The Bertz CT molecular complexity index is 423. The summed E-state index contributed by atoms with van der Waals surface area (Å²) in [5, 5.41) is 5.21. The van der Waals surface area contributed by atoms with E-state index in [2.05, 4.69) is 10.6 Å². The second kappa shape index (κ2) is 9.06. The molecule has 0 fully saturated rings. The lowest BCUT2D eigenvalue weighted by atomic mass is 9.98. The molecule has 1 atom stereocenters. The fraction of sp³-hybridized carbons (Fsp3) is 0.429. The fourth-order valence-electron chi connectivity index (χ4n) is 1.73. The van der Waals surface area contributed by atoms with Gasteiger partial charge in [0.15, 0.2) is 0 Å². The summed E-state index contributed by atoms with van der Waals surface area (Å²) in [5.74, 6) is -0.942. The van der Waals surface area contributed by atoms with Crippen LogP contribution in [0.15, 0.2) is 30.3 Å². The molecule has 20 heavy (non-hydrogen) atoms. The molecule has 0 spiro atoms. The molecule has 0 heterocycles. The molecule has 1 aromatic rings. The lowest BCUT2D eigenvalue weighted by Crippen LogP contribution is -2.41. The third-order valence-electron chi connectivity index (χ3n) is 2.81. The first-order chi connectivity index (χ1) is 9.69. The molecule has 1 rings (SSSR count). The van der Waals surface area contributed by atoms with E-state index in [0.717, 1.165) is 5.56 Å². The van der Waals surface area contributed by atoms with Crippen molar-refractivity contribution in [2.45, 2.75) is 5.92 Å². The van der Waals surface area contributed by atoms with E-state index in [1.165, 1.54) is 0 Å². The zero-order chi connectivity index (χ0) is 14.8. The smallest absolute Gasteiger partial charge is 0.239 e. The van der Waals surface area contributed by atoms with Gasteiger partial charge in [0.2, 0.25) is 11.8 Å². The van der Waals surface area contributed by atoms with Gasteiger partial charge >= 0.3 is 0 Å². The summed E-state index contributed by atoms with van der Waals surface area (Å²) >= 11 is 0. The molecule has 6 heteroatoms. The van der Waals surface area contributed by atoms with Gasteiger partial charge in [-0.2, -0.15) is 0 Å². The Morgan fingerprint density at radius 3 is 2.55 bits per heavy atom. The quantitative estimate of drug-likeness (QED) is 0.565. The van der Waals surface area contributed by atoms with E-state index in [-0.39, 0.29) is 24.9 Å². The van der Waals surface area contributed by atoms with Crippen LogP contribution < -0.4 is 16.4 Å². The number of amides is 2. The molecule has 110 valence electrons. The Labute approximate surface area is 118 Å². The van der Waals surface area contributed by atoms with Gasteiger partial charge in [-0.15, -0.1) is 0 Å². The average molecular weight is 279 g/mol. The van der Waals surface area contributed by atoms with Crippen LogP contribution >= 0.6 is 0 Å². The normalized spacial score (nSPS) is 11.7. The van der Waals surface area contributed by atoms with Crippen LogP contribution in [0.2, 0.25) is 0 Å². The van der Waals surface area contributed by atoms with Crippen molar-refractivity contribution in [2.75, 3.05) is 33.4 Å². The van der Waals surface area contributed by atoms with Crippen molar-refractivity contribution in [1.29, 1.82) is 0 Å². The molecule has 0 radical (unpaired) electrons.